The second-order valence-electron chi connectivity index (χ2n) is 2.25. The van der Waals surface area contributed by atoms with E-state index in [1.165, 1.54) is 16.6 Å². The molecular weight excluding hydrogens is 363 g/mol. The molecule has 0 bridgehead atoms. The molecule has 0 aromatic rings. The van der Waals surface area contributed by atoms with Crippen molar-refractivity contribution in [2.45, 2.75) is 13.8 Å². The molecule has 9 heteroatoms. The molecule has 0 fully saturated rings. The number of nitrogens with two attached hydrogens (primary N) is 2. The van der Waals surface area contributed by atoms with E-state index in [0.29, 0.717) is 6.61 Å². The topological polar surface area (TPSA) is 81.5 Å². The fourth-order valence-corrected chi connectivity index (χ4v) is 0.307. The maximum absolute atomic E-state index is 7.56. The van der Waals surface area contributed by atoms with Gasteiger partial charge in [0.15, 0.2) is 0 Å². The first-order valence-corrected chi connectivity index (χ1v) is 7.05. The van der Waals surface area contributed by atoms with Crippen LogP contribution in [0, 0.1) is 0 Å². The van der Waals surface area contributed by atoms with Crippen molar-refractivity contribution in [1.82, 2.24) is 0 Å². The Labute approximate surface area is 146 Å². The summed E-state index contributed by atoms with van der Waals surface area (Å²) in [6.07, 6.45) is 5.13. The lowest BCUT2D eigenvalue weighted by atomic mass is 10.7. The maximum atomic E-state index is 7.56. The number of aliphatic hydroxyl groups excluding tert-OH is 1. The van der Waals surface area contributed by atoms with Crippen molar-refractivity contribution in [1.29, 1.82) is 0 Å². The number of ether oxygens (including phenoxy) is 1. The first kappa shape index (κ1) is 27.8. The van der Waals surface area contributed by atoms with Gasteiger partial charge in [-0.3, -0.25) is 0 Å². The van der Waals surface area contributed by atoms with E-state index in [9.17, 15) is 0 Å². The minimum atomic E-state index is -0.500. The van der Waals surface area contributed by atoms with E-state index in [2.05, 4.69) is 34.9 Å². The normalized spacial score (nSPS) is 8.85. The van der Waals surface area contributed by atoms with E-state index in [-0.39, 0.29) is 5.17 Å². The molecule has 5 N–H and O–H groups in total. The van der Waals surface area contributed by atoms with Crippen molar-refractivity contribution in [3.8, 4) is 0 Å². The van der Waals surface area contributed by atoms with Crippen LogP contribution in [-0.2, 0) is 4.74 Å². The summed E-state index contributed by atoms with van der Waals surface area (Å²) >= 11 is 23.4. The zero-order valence-corrected chi connectivity index (χ0v) is 15.0. The van der Waals surface area contributed by atoms with Crippen molar-refractivity contribution < 1.29 is 9.84 Å². The van der Waals surface area contributed by atoms with Crippen molar-refractivity contribution in [2.75, 3.05) is 6.61 Å². The fraction of sp³-hybridized carbons (Fsp3) is 0.273. The Bertz CT molecular complexity index is 277. The Morgan fingerprint density at radius 1 is 1.05 bits per heavy atom. The van der Waals surface area contributed by atoms with E-state index in [0.717, 1.165) is 0 Å². The van der Waals surface area contributed by atoms with Crippen molar-refractivity contribution in [3.05, 3.63) is 34.8 Å². The van der Waals surface area contributed by atoms with Crippen molar-refractivity contribution >= 4 is 69.6 Å². The zero-order valence-electron chi connectivity index (χ0n) is 11.1. The van der Waals surface area contributed by atoms with Crippen molar-refractivity contribution in [2.24, 2.45) is 11.5 Å². The predicted octanol–water partition coefficient (Wildman–Crippen LogP) is 4.30. The molecule has 4 nitrogen and oxygen atoms in total. The SMILES string of the molecule is CC=CCl.CC=CCl.NC(=S)OCC=CCl.NC(O)=S. The Hall–Kier alpha value is -0.530. The molecule has 0 spiro atoms. The summed E-state index contributed by atoms with van der Waals surface area (Å²) < 4.78 is 4.62. The first-order chi connectivity index (χ1) is 9.33. The average Bonchev–Trinajstić information content (AvgIpc) is 2.38. The Morgan fingerprint density at radius 2 is 1.35 bits per heavy atom. The molecule has 0 aliphatic carbocycles. The number of hydrogen-bond donors (Lipinski definition) is 3. The molecule has 0 saturated heterocycles. The standard InChI is InChI=1S/C4H6ClNOS.2C3H5Cl.CH3NOS/c5-2-1-3-7-4(6)8;2*1-2-3-4;2-1(3)4/h1-2H,3H2,(H2,6,8);2*2-3H,1H3;(H3,2,3,4). The predicted molar refractivity (Wildman–Crippen MR) is 98.5 cm³/mol. The average molecular weight is 382 g/mol. The highest BCUT2D eigenvalue weighted by Gasteiger charge is 1.80. The Kier molecular flexibility index (Phi) is 43.1. The minimum Gasteiger partial charge on any atom is -0.487 e. The molecule has 0 amide bonds. The van der Waals surface area contributed by atoms with Crippen LogP contribution in [0.5, 0.6) is 0 Å². The van der Waals surface area contributed by atoms with Gasteiger partial charge in [0.25, 0.3) is 10.3 Å². The van der Waals surface area contributed by atoms with Crippen LogP contribution in [0.4, 0.5) is 0 Å². The smallest absolute Gasteiger partial charge is 0.254 e. The third-order valence-electron chi connectivity index (χ3n) is 0.663. The van der Waals surface area contributed by atoms with E-state index < -0.39 is 5.17 Å². The number of aliphatic hydroxyl groups is 1. The molecule has 0 unspecified atom stereocenters. The van der Waals surface area contributed by atoms with Crippen LogP contribution in [-0.4, -0.2) is 22.1 Å². The molecule has 0 aromatic carbocycles. The summed E-state index contributed by atoms with van der Waals surface area (Å²) in [6, 6.07) is 0. The van der Waals surface area contributed by atoms with Gasteiger partial charge in [0.1, 0.15) is 6.61 Å². The number of allylic oxidation sites excluding steroid dienone is 2. The van der Waals surface area contributed by atoms with Crippen LogP contribution in [0.1, 0.15) is 13.8 Å². The summed E-state index contributed by atoms with van der Waals surface area (Å²) in [5, 5.41) is 7.11. The molecule has 0 radical (unpaired) electrons. The molecule has 118 valence electrons. The Morgan fingerprint density at radius 3 is 1.50 bits per heavy atom. The van der Waals surface area contributed by atoms with E-state index in [1.807, 2.05) is 13.8 Å². The molecule has 0 heterocycles. The molecular formula is C11H19Cl3N2O2S2. The monoisotopic (exact) mass is 380 g/mol. The van der Waals surface area contributed by atoms with E-state index >= 15 is 0 Å². The van der Waals surface area contributed by atoms with Gasteiger partial charge in [-0.25, -0.2) is 0 Å². The number of hydrogen-bond acceptors (Lipinski definition) is 3. The minimum absolute atomic E-state index is 0.0415. The Balaban J connectivity index is -0.0000000917. The lowest BCUT2D eigenvalue weighted by Gasteiger charge is -1.94. The number of rotatable bonds is 2. The second kappa shape index (κ2) is 31.1. The summed E-state index contributed by atoms with van der Waals surface area (Å²) in [6.45, 7) is 4.08. The summed E-state index contributed by atoms with van der Waals surface area (Å²) in [4.78, 5) is 0. The van der Waals surface area contributed by atoms with Crippen LogP contribution in [0.2, 0.25) is 0 Å². The van der Waals surface area contributed by atoms with Gasteiger partial charge >= 0.3 is 0 Å². The van der Waals surface area contributed by atoms with Gasteiger partial charge in [0.05, 0.1) is 0 Å². The molecule has 20 heavy (non-hydrogen) atoms. The summed E-state index contributed by atoms with van der Waals surface area (Å²) in [5.41, 5.74) is 13.7. The highest BCUT2D eigenvalue weighted by molar-refractivity contribution is 7.80. The fourth-order valence-electron chi connectivity index (χ4n) is 0.167. The number of thiocarbonyl (C=S) groups is 2. The van der Waals surface area contributed by atoms with Gasteiger partial charge < -0.3 is 21.3 Å². The van der Waals surface area contributed by atoms with Crippen LogP contribution >= 0.6 is 59.2 Å². The first-order valence-electron chi connectivity index (χ1n) is 4.92. The number of halogens is 3. The maximum Gasteiger partial charge on any atom is 0.254 e. The van der Waals surface area contributed by atoms with E-state index in [1.54, 1.807) is 18.2 Å². The van der Waals surface area contributed by atoms with Crippen LogP contribution in [0.25, 0.3) is 0 Å². The van der Waals surface area contributed by atoms with Gasteiger partial charge in [-0.1, -0.05) is 47.0 Å². The highest BCUT2D eigenvalue weighted by atomic mass is 35.5. The highest BCUT2D eigenvalue weighted by Crippen LogP contribution is 1.79. The lowest BCUT2D eigenvalue weighted by molar-refractivity contribution is 0.355. The van der Waals surface area contributed by atoms with Crippen molar-refractivity contribution in [3.63, 3.8) is 0 Å². The summed E-state index contributed by atoms with van der Waals surface area (Å²) in [5.74, 6) is 0. The third-order valence-corrected chi connectivity index (χ3v) is 1.46. The van der Waals surface area contributed by atoms with Gasteiger partial charge in [0.2, 0.25) is 0 Å². The lowest BCUT2D eigenvalue weighted by Crippen LogP contribution is -2.12. The second-order valence-corrected chi connectivity index (χ2v) is 3.83. The quantitative estimate of drug-likeness (QED) is 0.618. The third kappa shape index (κ3) is 113. The van der Waals surface area contributed by atoms with Gasteiger partial charge in [0, 0.05) is 5.54 Å². The van der Waals surface area contributed by atoms with E-state index in [4.69, 9.17) is 45.6 Å². The zero-order chi connectivity index (χ0) is 16.8. The molecule has 0 aromatic heterocycles. The van der Waals surface area contributed by atoms with Crippen LogP contribution in [0.15, 0.2) is 34.8 Å². The molecule has 0 atom stereocenters. The van der Waals surface area contributed by atoms with Crippen LogP contribution in [0.3, 0.4) is 0 Å². The van der Waals surface area contributed by atoms with Gasteiger partial charge in [-0.05, 0) is 55.4 Å². The van der Waals surface area contributed by atoms with Gasteiger partial charge in [-0.15, -0.1) is 0 Å². The molecule has 0 rings (SSSR count). The van der Waals surface area contributed by atoms with Crippen LogP contribution < -0.4 is 11.5 Å². The largest absolute Gasteiger partial charge is 0.487 e. The molecule has 0 aliphatic rings. The molecule has 0 saturated carbocycles. The molecule has 0 aliphatic heterocycles. The summed E-state index contributed by atoms with van der Waals surface area (Å²) in [7, 11) is 0. The van der Waals surface area contributed by atoms with Gasteiger partial charge in [-0.2, -0.15) is 0 Å².